The summed E-state index contributed by atoms with van der Waals surface area (Å²) in [6, 6.07) is 18.9. The molecule has 8 heteroatoms. The van der Waals surface area contributed by atoms with Gasteiger partial charge in [0.1, 0.15) is 5.69 Å². The van der Waals surface area contributed by atoms with Gasteiger partial charge >= 0.3 is 0 Å². The predicted octanol–water partition coefficient (Wildman–Crippen LogP) is 3.41. The van der Waals surface area contributed by atoms with E-state index in [4.69, 9.17) is 4.98 Å². The van der Waals surface area contributed by atoms with Gasteiger partial charge in [0.05, 0.1) is 12.2 Å². The Morgan fingerprint density at radius 2 is 1.71 bits per heavy atom. The van der Waals surface area contributed by atoms with Gasteiger partial charge in [0.25, 0.3) is 0 Å². The van der Waals surface area contributed by atoms with E-state index in [0.717, 1.165) is 48.8 Å². The van der Waals surface area contributed by atoms with Crippen LogP contribution in [0, 0.1) is 0 Å². The second kappa shape index (κ2) is 10.5. The molecular weight excluding hydrogens is 438 g/mol. The van der Waals surface area contributed by atoms with Crippen LogP contribution in [0.25, 0.3) is 11.3 Å². The average molecular weight is 468 g/mol. The maximum Gasteiger partial charge on any atom is 0.217 e. The first-order chi connectivity index (χ1) is 17.2. The molecule has 1 unspecified atom stereocenters. The fourth-order valence-corrected chi connectivity index (χ4v) is 4.62. The van der Waals surface area contributed by atoms with E-state index in [2.05, 4.69) is 60.6 Å². The van der Waals surface area contributed by atoms with Crippen molar-refractivity contribution in [2.24, 2.45) is 0 Å². The fraction of sp³-hybridized carbons (Fsp3) is 0.259. The molecule has 0 aliphatic carbocycles. The van der Waals surface area contributed by atoms with Crippen LogP contribution in [0.15, 0.2) is 79.4 Å². The van der Waals surface area contributed by atoms with Crippen molar-refractivity contribution in [2.45, 2.75) is 19.5 Å². The zero-order valence-electron chi connectivity index (χ0n) is 19.8. The topological polar surface area (TPSA) is 90.0 Å². The predicted molar refractivity (Wildman–Crippen MR) is 136 cm³/mol. The van der Waals surface area contributed by atoms with Crippen molar-refractivity contribution in [1.29, 1.82) is 0 Å². The summed E-state index contributed by atoms with van der Waals surface area (Å²) in [5, 5.41) is 10.0. The third-order valence-corrected chi connectivity index (χ3v) is 6.38. The van der Waals surface area contributed by atoms with E-state index in [1.807, 2.05) is 36.7 Å². The Morgan fingerprint density at radius 1 is 0.971 bits per heavy atom. The Hall–Kier alpha value is -4.04. The second-order valence-corrected chi connectivity index (χ2v) is 8.70. The number of piperazine rings is 1. The zero-order valence-corrected chi connectivity index (χ0v) is 19.8. The van der Waals surface area contributed by atoms with E-state index in [1.54, 1.807) is 12.4 Å². The van der Waals surface area contributed by atoms with Crippen LogP contribution >= 0.6 is 0 Å². The van der Waals surface area contributed by atoms with E-state index >= 15 is 0 Å². The zero-order chi connectivity index (χ0) is 24.0. The van der Waals surface area contributed by atoms with Crippen LogP contribution in [-0.2, 0) is 11.3 Å². The molecule has 1 amide bonds. The van der Waals surface area contributed by atoms with E-state index in [0.29, 0.717) is 6.54 Å². The van der Waals surface area contributed by atoms with Crippen molar-refractivity contribution in [3.8, 4) is 11.3 Å². The van der Waals surface area contributed by atoms with Gasteiger partial charge in [-0.2, -0.15) is 5.10 Å². The quantitative estimate of drug-likeness (QED) is 0.433. The maximum absolute atomic E-state index is 11.2. The number of H-pyrrole nitrogens is 1. The van der Waals surface area contributed by atoms with E-state index in [1.165, 1.54) is 18.1 Å². The first kappa shape index (κ1) is 22.7. The van der Waals surface area contributed by atoms with Gasteiger partial charge in [-0.05, 0) is 11.1 Å². The number of carbonyl (C=O) groups excluding carboxylic acids is 1. The molecule has 2 aromatic carbocycles. The van der Waals surface area contributed by atoms with Crippen molar-refractivity contribution in [1.82, 2.24) is 30.4 Å². The second-order valence-electron chi connectivity index (χ2n) is 8.70. The van der Waals surface area contributed by atoms with Crippen LogP contribution in [0.1, 0.15) is 29.7 Å². The minimum Gasteiger partial charge on any atom is -0.352 e. The number of aromatic amines is 1. The van der Waals surface area contributed by atoms with Crippen LogP contribution in [0.3, 0.4) is 0 Å². The molecule has 2 N–H and O–H groups in total. The van der Waals surface area contributed by atoms with Crippen LogP contribution in [-0.4, -0.2) is 57.2 Å². The Morgan fingerprint density at radius 3 is 2.40 bits per heavy atom. The number of hydrogen-bond acceptors (Lipinski definition) is 6. The molecule has 3 heterocycles. The first-order valence-electron chi connectivity index (χ1n) is 11.9. The number of aromatic nitrogens is 4. The summed E-state index contributed by atoms with van der Waals surface area (Å²) >= 11 is 0. The SMILES string of the molecule is CC(=O)NCc1ccc(-c2nccnc2N2CCN(C(c3ccccc3)c3cn[nH]c3)CC2)cc1. The van der Waals surface area contributed by atoms with E-state index < -0.39 is 0 Å². The van der Waals surface area contributed by atoms with E-state index in [-0.39, 0.29) is 11.9 Å². The standard InChI is InChI=1S/C27H29N7O/c1-20(35)30-17-21-7-9-22(10-8-21)25-27(29-12-11-28-25)34-15-13-33(14-16-34)26(24-18-31-32-19-24)23-5-3-2-4-6-23/h2-12,18-19,26H,13-17H2,1H3,(H,30,35)(H,31,32). The van der Waals surface area contributed by atoms with Gasteiger partial charge in [0.15, 0.2) is 5.82 Å². The molecule has 1 aliphatic heterocycles. The molecule has 178 valence electrons. The van der Waals surface area contributed by atoms with E-state index in [9.17, 15) is 4.79 Å². The van der Waals surface area contributed by atoms with Crippen LogP contribution in [0.2, 0.25) is 0 Å². The molecule has 4 aromatic rings. The summed E-state index contributed by atoms with van der Waals surface area (Å²) in [6.45, 7) is 5.55. The molecular formula is C27H29N7O. The summed E-state index contributed by atoms with van der Waals surface area (Å²) in [5.41, 5.74) is 5.38. The molecule has 2 aromatic heterocycles. The highest BCUT2D eigenvalue weighted by atomic mass is 16.1. The minimum absolute atomic E-state index is 0.0355. The smallest absolute Gasteiger partial charge is 0.217 e. The Balaban J connectivity index is 1.32. The van der Waals surface area contributed by atoms with Crippen molar-refractivity contribution < 1.29 is 4.79 Å². The highest BCUT2D eigenvalue weighted by Crippen LogP contribution is 2.32. The Labute approximate surface area is 205 Å². The lowest BCUT2D eigenvalue weighted by molar-refractivity contribution is -0.119. The summed E-state index contributed by atoms with van der Waals surface area (Å²) in [6.07, 6.45) is 7.40. The summed E-state index contributed by atoms with van der Waals surface area (Å²) in [4.78, 5) is 25.4. The number of nitrogens with zero attached hydrogens (tertiary/aromatic N) is 5. The number of anilines is 1. The third kappa shape index (κ3) is 5.22. The molecule has 0 radical (unpaired) electrons. The largest absolute Gasteiger partial charge is 0.352 e. The lowest BCUT2D eigenvalue weighted by atomic mass is 9.99. The highest BCUT2D eigenvalue weighted by molar-refractivity contribution is 5.73. The number of hydrogen-bond donors (Lipinski definition) is 2. The molecule has 0 bridgehead atoms. The van der Waals surface area contributed by atoms with Gasteiger partial charge in [0, 0.05) is 69.4 Å². The summed E-state index contributed by atoms with van der Waals surface area (Å²) < 4.78 is 0. The molecule has 1 aliphatic rings. The first-order valence-corrected chi connectivity index (χ1v) is 11.9. The fourth-order valence-electron chi connectivity index (χ4n) is 4.62. The normalized spacial score (nSPS) is 15.1. The molecule has 0 spiro atoms. The molecule has 35 heavy (non-hydrogen) atoms. The minimum atomic E-state index is -0.0355. The average Bonchev–Trinajstić information content (AvgIpc) is 3.43. The van der Waals surface area contributed by atoms with Gasteiger partial charge in [0.2, 0.25) is 5.91 Å². The van der Waals surface area contributed by atoms with Crippen LogP contribution in [0.4, 0.5) is 5.82 Å². The molecule has 5 rings (SSSR count). The highest BCUT2D eigenvalue weighted by Gasteiger charge is 2.28. The van der Waals surface area contributed by atoms with Gasteiger partial charge in [-0.15, -0.1) is 0 Å². The maximum atomic E-state index is 11.2. The lowest BCUT2D eigenvalue weighted by Crippen LogP contribution is -2.48. The number of nitrogens with one attached hydrogen (secondary N) is 2. The Kier molecular flexibility index (Phi) is 6.81. The van der Waals surface area contributed by atoms with Crippen LogP contribution in [0.5, 0.6) is 0 Å². The van der Waals surface area contributed by atoms with Crippen molar-refractivity contribution in [3.63, 3.8) is 0 Å². The van der Waals surface area contributed by atoms with Crippen molar-refractivity contribution >= 4 is 11.7 Å². The third-order valence-electron chi connectivity index (χ3n) is 6.38. The molecule has 1 fully saturated rings. The van der Waals surface area contributed by atoms with Gasteiger partial charge in [-0.3, -0.25) is 19.8 Å². The molecule has 1 saturated heterocycles. The number of amides is 1. The number of benzene rings is 2. The van der Waals surface area contributed by atoms with Crippen LogP contribution < -0.4 is 10.2 Å². The molecule has 8 nitrogen and oxygen atoms in total. The summed E-state index contributed by atoms with van der Waals surface area (Å²) in [7, 11) is 0. The molecule has 0 saturated carbocycles. The summed E-state index contributed by atoms with van der Waals surface area (Å²) in [5.74, 6) is 0.869. The number of carbonyl (C=O) groups is 1. The number of rotatable bonds is 7. The van der Waals surface area contributed by atoms with Crippen molar-refractivity contribution in [3.05, 3.63) is 96.1 Å². The van der Waals surface area contributed by atoms with Gasteiger partial charge < -0.3 is 10.2 Å². The molecule has 1 atom stereocenters. The van der Waals surface area contributed by atoms with Gasteiger partial charge in [-0.1, -0.05) is 54.6 Å². The van der Waals surface area contributed by atoms with Crippen molar-refractivity contribution in [2.75, 3.05) is 31.1 Å². The Bertz CT molecular complexity index is 1230. The lowest BCUT2D eigenvalue weighted by Gasteiger charge is -2.40. The van der Waals surface area contributed by atoms with Gasteiger partial charge in [-0.25, -0.2) is 4.98 Å². The monoisotopic (exact) mass is 467 g/mol.